The second kappa shape index (κ2) is 19.9. The van der Waals surface area contributed by atoms with Crippen molar-refractivity contribution in [2.45, 2.75) is 50.8 Å². The summed E-state index contributed by atoms with van der Waals surface area (Å²) in [7, 11) is -9.06. The van der Waals surface area contributed by atoms with Crippen molar-refractivity contribution in [3.05, 3.63) is 165 Å². The summed E-state index contributed by atoms with van der Waals surface area (Å²) >= 11 is 11.2. The van der Waals surface area contributed by atoms with Crippen LogP contribution in [0, 0.1) is 13.8 Å². The number of pyridine rings is 4. The van der Waals surface area contributed by atoms with Crippen LogP contribution in [0.25, 0.3) is 22.1 Å². The van der Waals surface area contributed by atoms with E-state index in [2.05, 4.69) is 34.4 Å². The van der Waals surface area contributed by atoms with Gasteiger partial charge in [-0.15, -0.1) is 0 Å². The van der Waals surface area contributed by atoms with Crippen LogP contribution in [0.2, 0.25) is 10.0 Å². The Balaban J connectivity index is 0.000000250. The third kappa shape index (κ3) is 10.8. The van der Waals surface area contributed by atoms with E-state index in [-0.39, 0.29) is 54.4 Å². The molecule has 8 rings (SSSR count). The Bertz CT molecular complexity index is 3510. The third-order valence-corrected chi connectivity index (χ3v) is 13.2. The third-order valence-electron chi connectivity index (χ3n) is 9.81. The van der Waals surface area contributed by atoms with Crippen molar-refractivity contribution in [1.29, 1.82) is 0 Å². The van der Waals surface area contributed by atoms with Crippen molar-refractivity contribution in [3.8, 4) is 0 Å². The number of ketones is 2. The highest BCUT2D eigenvalue weighted by Crippen LogP contribution is 2.38. The maximum Gasteiger partial charge on any atom is 0.417 e. The van der Waals surface area contributed by atoms with Crippen molar-refractivity contribution in [1.82, 2.24) is 24.9 Å². The molecule has 0 bridgehead atoms. The average Bonchev–Trinajstić information content (AvgIpc) is 3.94. The van der Waals surface area contributed by atoms with E-state index < -0.39 is 74.9 Å². The molecule has 0 unspecified atom stereocenters. The molecule has 0 fully saturated rings. The monoisotopic (exact) mass is 1040 g/mol. The summed E-state index contributed by atoms with van der Waals surface area (Å²) in [5.41, 5.74) is -1.49. The number of fused-ring (bicyclic) bond motifs is 2. The molecule has 0 saturated heterocycles. The molecule has 0 saturated carbocycles. The number of nitrogens with one attached hydrogen (secondary N) is 4. The van der Waals surface area contributed by atoms with Gasteiger partial charge in [-0.2, -0.15) is 26.3 Å². The Labute approximate surface area is 399 Å². The summed E-state index contributed by atoms with van der Waals surface area (Å²) in [6.07, 6.45) is -1.24. The fourth-order valence-corrected chi connectivity index (χ4v) is 9.38. The van der Waals surface area contributed by atoms with Crippen LogP contribution < -0.4 is 14.2 Å². The average molecular weight is 1040 g/mol. The number of anilines is 2. The van der Waals surface area contributed by atoms with Gasteiger partial charge >= 0.3 is 18.0 Å². The van der Waals surface area contributed by atoms with Crippen LogP contribution in [0.3, 0.4) is 0 Å². The number of hydrogen-bond acceptors (Lipinski definition) is 10. The van der Waals surface area contributed by atoms with Crippen LogP contribution >= 0.6 is 23.2 Å². The number of aromatic nitrogens is 6. The topological polar surface area (TPSA) is 221 Å². The van der Waals surface area contributed by atoms with Crippen LogP contribution in [0.5, 0.6) is 0 Å². The zero-order valence-corrected chi connectivity index (χ0v) is 37.1. The molecule has 0 amide bonds. The largest absolute Gasteiger partial charge is 0.417 e. The summed E-state index contributed by atoms with van der Waals surface area (Å²) in [6, 6.07) is 12.9. The van der Waals surface area contributed by atoms with Crippen LogP contribution in [0.1, 0.15) is 69.2 Å². The molecule has 8 aromatic rings. The smallest absolute Gasteiger partial charge is 0.350 e. The molecular formula is C44H37Cl2F6N8O7S2+. The number of nitrogens with zero attached hydrogens (tertiary/aromatic N) is 4. The second-order valence-electron chi connectivity index (χ2n) is 14.3. The van der Waals surface area contributed by atoms with Crippen molar-refractivity contribution in [2.24, 2.45) is 0 Å². The molecule has 15 nitrogen and oxygen atoms in total. The van der Waals surface area contributed by atoms with E-state index in [1.807, 2.05) is 0 Å². The number of benzene rings is 2. The number of aryl methyl sites for hydroxylation is 2. The fourth-order valence-electron chi connectivity index (χ4n) is 6.75. The molecule has 2 aromatic carbocycles. The van der Waals surface area contributed by atoms with Gasteiger partial charge in [0.05, 0.1) is 53.9 Å². The molecule has 5 N–H and O–H groups in total. The summed E-state index contributed by atoms with van der Waals surface area (Å²) in [4.78, 5) is 43.3. The van der Waals surface area contributed by atoms with Crippen LogP contribution in [-0.2, 0) is 32.4 Å². The van der Waals surface area contributed by atoms with Crippen molar-refractivity contribution in [3.63, 3.8) is 0 Å². The standard InChI is InChI=1S/C21H14ClF3N4O4S.C21H14ClF3N4O3S.2CH4/c1-11-10-29(31)20-13(6-8-27-20)17(11)19(30)18-16(3-2-7-26-18)28-34(32,33)12-4-5-15(22)14(9-12)21(23,24)25;1-11-10-28-20-13(6-8-27-20)17(11)19(30)18-16(3-2-7-26-18)29-33(31,32)12-4-5-15(22)14(9-12)21(23,24)25;;/h2-10,31H,1H3,(H,28,30);2-10,29H,1H3,(H,27,28);2*1H4/p+1. The molecule has 0 atom stereocenters. The van der Waals surface area contributed by atoms with E-state index in [4.69, 9.17) is 23.2 Å². The Morgan fingerprint density at radius 3 is 1.58 bits per heavy atom. The highest BCUT2D eigenvalue weighted by molar-refractivity contribution is 7.93. The molecule has 6 heterocycles. The number of H-pyrrole nitrogens is 2. The molecule has 69 heavy (non-hydrogen) atoms. The minimum absolute atomic E-state index is 0. The van der Waals surface area contributed by atoms with Crippen molar-refractivity contribution < 1.29 is 62.7 Å². The quantitative estimate of drug-likeness (QED) is 0.0377. The Hall–Kier alpha value is -7.08. The van der Waals surface area contributed by atoms with E-state index in [1.54, 1.807) is 32.2 Å². The number of rotatable bonds is 10. The van der Waals surface area contributed by atoms with Gasteiger partial charge in [0.15, 0.2) is 0 Å². The number of aromatic amines is 2. The molecule has 6 aromatic heterocycles. The molecular weight excluding hydrogens is 1000 g/mol. The van der Waals surface area contributed by atoms with Gasteiger partial charge in [0.2, 0.25) is 11.6 Å². The normalized spacial score (nSPS) is 11.8. The lowest BCUT2D eigenvalue weighted by atomic mass is 10.00. The Kier molecular flexibility index (Phi) is 15.2. The zero-order valence-electron chi connectivity index (χ0n) is 33.9. The van der Waals surface area contributed by atoms with E-state index in [0.717, 1.165) is 29.0 Å². The molecule has 0 aliphatic rings. The molecule has 0 aliphatic carbocycles. The predicted molar refractivity (Wildman–Crippen MR) is 245 cm³/mol. The maximum atomic E-state index is 13.4. The number of sulfonamides is 2. The minimum atomic E-state index is -4.87. The second-order valence-corrected chi connectivity index (χ2v) is 18.5. The number of halogens is 8. The first-order valence-electron chi connectivity index (χ1n) is 18.8. The van der Waals surface area contributed by atoms with Gasteiger partial charge in [-0.1, -0.05) is 42.8 Å². The lowest BCUT2D eigenvalue weighted by Crippen LogP contribution is -2.32. The first-order chi connectivity index (χ1) is 31.4. The summed E-state index contributed by atoms with van der Waals surface area (Å²) < 4.78 is 136. The number of carbonyl (C=O) groups excluding carboxylic acids is 2. The van der Waals surface area contributed by atoms with Gasteiger partial charge in [-0.05, 0) is 92.2 Å². The van der Waals surface area contributed by atoms with Gasteiger partial charge < -0.3 is 10.2 Å². The van der Waals surface area contributed by atoms with Gasteiger partial charge in [0, 0.05) is 46.9 Å². The lowest BCUT2D eigenvalue weighted by molar-refractivity contribution is -0.886. The number of alkyl halides is 6. The molecule has 362 valence electrons. The summed E-state index contributed by atoms with van der Waals surface area (Å²) in [5.74, 6) is -1.24. The minimum Gasteiger partial charge on any atom is -0.350 e. The molecule has 0 radical (unpaired) electrons. The van der Waals surface area contributed by atoms with Crippen molar-refractivity contribution in [2.75, 3.05) is 9.44 Å². The Morgan fingerprint density at radius 1 is 0.652 bits per heavy atom. The molecule has 25 heteroatoms. The SMILES string of the molecule is C.C.Cc1c[n+](O)c2[nH]ccc2c1C(=O)c1ncccc1NS(=O)(=O)c1ccc(Cl)c(C(F)(F)F)c1.Cc1cnc2[nH]ccc2c1C(=O)c1ncccc1NS(=O)(=O)c1ccc(Cl)c(C(F)(F)F)c1. The first-order valence-corrected chi connectivity index (χ1v) is 22.5. The van der Waals surface area contributed by atoms with E-state index in [0.29, 0.717) is 39.7 Å². The molecule has 0 aliphatic heterocycles. The highest BCUT2D eigenvalue weighted by Gasteiger charge is 2.36. The van der Waals surface area contributed by atoms with Crippen LogP contribution in [0.4, 0.5) is 37.7 Å². The Morgan fingerprint density at radius 2 is 1.10 bits per heavy atom. The van der Waals surface area contributed by atoms with Gasteiger partial charge in [0.1, 0.15) is 23.2 Å². The van der Waals surface area contributed by atoms with Gasteiger partial charge in [-0.3, -0.25) is 29.0 Å². The highest BCUT2D eigenvalue weighted by atomic mass is 35.5. The molecule has 0 spiro atoms. The first kappa shape index (κ1) is 52.9. The van der Waals surface area contributed by atoms with E-state index >= 15 is 0 Å². The van der Waals surface area contributed by atoms with Crippen molar-refractivity contribution >= 4 is 88.3 Å². The van der Waals surface area contributed by atoms with Gasteiger partial charge in [0.25, 0.3) is 20.0 Å². The van der Waals surface area contributed by atoms with Crippen LogP contribution in [-0.4, -0.2) is 58.5 Å². The fraction of sp³-hybridized carbons (Fsp3) is 0.136. The maximum absolute atomic E-state index is 13.4. The summed E-state index contributed by atoms with van der Waals surface area (Å²) in [5, 5.41) is 9.62. The van der Waals surface area contributed by atoms with E-state index in [1.165, 1.54) is 55.2 Å². The van der Waals surface area contributed by atoms with E-state index in [9.17, 15) is 58.0 Å². The predicted octanol–water partition coefficient (Wildman–Crippen LogP) is 10.3. The van der Waals surface area contributed by atoms with Gasteiger partial charge in [-0.25, -0.2) is 26.8 Å². The number of carbonyl (C=O) groups is 2. The van der Waals surface area contributed by atoms with Crippen LogP contribution in [0.15, 0.2) is 120 Å². The zero-order chi connectivity index (χ0) is 48.8. The summed E-state index contributed by atoms with van der Waals surface area (Å²) in [6.45, 7) is 3.25. The lowest BCUT2D eigenvalue weighted by Gasteiger charge is -2.14. The number of hydrogen-bond donors (Lipinski definition) is 5.